The number of benzene rings is 1. The molecule has 16 heavy (non-hydrogen) atoms. The topological polar surface area (TPSA) is 55.5 Å². The number of aliphatic hydroxyl groups excluding tert-OH is 1. The molecule has 1 aromatic rings. The molecule has 1 rings (SSSR count). The van der Waals surface area contributed by atoms with Crippen LogP contribution in [0.4, 0.5) is 0 Å². The fraction of sp³-hybridized carbons (Fsp3) is 0.455. The SMILES string of the molecule is NCC(OCCCO)c1cc(Cl)cc(Cl)c1. The summed E-state index contributed by atoms with van der Waals surface area (Å²) in [5, 5.41) is 9.78. The third-order valence-electron chi connectivity index (χ3n) is 2.09. The Morgan fingerprint density at radius 2 is 1.88 bits per heavy atom. The van der Waals surface area contributed by atoms with Gasteiger partial charge in [0.1, 0.15) is 0 Å². The molecule has 0 amide bonds. The number of rotatable bonds is 6. The molecule has 0 bridgehead atoms. The molecule has 5 heteroatoms. The second kappa shape index (κ2) is 7.09. The van der Waals surface area contributed by atoms with Gasteiger partial charge >= 0.3 is 0 Å². The zero-order valence-electron chi connectivity index (χ0n) is 8.83. The minimum absolute atomic E-state index is 0.105. The van der Waals surface area contributed by atoms with Gasteiger partial charge in [0, 0.05) is 29.8 Å². The van der Waals surface area contributed by atoms with Crippen LogP contribution in [0.3, 0.4) is 0 Å². The molecule has 0 radical (unpaired) electrons. The largest absolute Gasteiger partial charge is 0.396 e. The average molecular weight is 264 g/mol. The summed E-state index contributed by atoms with van der Waals surface area (Å²) in [5.74, 6) is 0. The summed E-state index contributed by atoms with van der Waals surface area (Å²) in [6.07, 6.45) is 0.355. The van der Waals surface area contributed by atoms with E-state index in [1.54, 1.807) is 18.2 Å². The maximum absolute atomic E-state index is 8.66. The standard InChI is InChI=1S/C11H15Cl2NO2/c12-9-4-8(5-10(13)6-9)11(7-14)16-3-1-2-15/h4-6,11,15H,1-3,7,14H2. The number of halogens is 2. The number of nitrogens with two attached hydrogens (primary N) is 1. The van der Waals surface area contributed by atoms with Gasteiger partial charge in [0.2, 0.25) is 0 Å². The predicted molar refractivity (Wildman–Crippen MR) is 65.9 cm³/mol. The molecule has 90 valence electrons. The molecule has 0 heterocycles. The molecule has 0 aliphatic rings. The number of aliphatic hydroxyl groups is 1. The molecule has 0 saturated carbocycles. The van der Waals surface area contributed by atoms with E-state index in [-0.39, 0.29) is 12.7 Å². The number of hydrogen-bond acceptors (Lipinski definition) is 3. The molecule has 0 fully saturated rings. The van der Waals surface area contributed by atoms with Crippen molar-refractivity contribution in [3.8, 4) is 0 Å². The maximum Gasteiger partial charge on any atom is 0.0948 e. The monoisotopic (exact) mass is 263 g/mol. The normalized spacial score (nSPS) is 12.8. The lowest BCUT2D eigenvalue weighted by Crippen LogP contribution is -2.16. The highest BCUT2D eigenvalue weighted by atomic mass is 35.5. The molecular weight excluding hydrogens is 249 g/mol. The fourth-order valence-corrected chi connectivity index (χ4v) is 1.89. The minimum atomic E-state index is -0.234. The van der Waals surface area contributed by atoms with Gasteiger partial charge < -0.3 is 15.6 Å². The Balaban J connectivity index is 2.70. The van der Waals surface area contributed by atoms with Crippen LogP contribution in [-0.2, 0) is 4.74 Å². The molecule has 3 nitrogen and oxygen atoms in total. The Kier molecular flexibility index (Phi) is 6.09. The molecule has 0 aromatic heterocycles. The first-order valence-electron chi connectivity index (χ1n) is 5.06. The van der Waals surface area contributed by atoms with Crippen molar-refractivity contribution in [2.75, 3.05) is 19.8 Å². The van der Waals surface area contributed by atoms with Gasteiger partial charge in [-0.3, -0.25) is 0 Å². The molecule has 0 aliphatic carbocycles. The van der Waals surface area contributed by atoms with Crippen molar-refractivity contribution in [1.29, 1.82) is 0 Å². The summed E-state index contributed by atoms with van der Waals surface area (Å²) in [4.78, 5) is 0. The summed E-state index contributed by atoms with van der Waals surface area (Å²) in [5.41, 5.74) is 6.47. The van der Waals surface area contributed by atoms with Crippen LogP contribution in [0.25, 0.3) is 0 Å². The van der Waals surface area contributed by atoms with E-state index in [1.165, 1.54) is 0 Å². The van der Waals surface area contributed by atoms with E-state index in [0.717, 1.165) is 5.56 Å². The molecule has 1 aromatic carbocycles. The van der Waals surface area contributed by atoms with Crippen LogP contribution in [0.1, 0.15) is 18.1 Å². The fourth-order valence-electron chi connectivity index (χ4n) is 1.35. The van der Waals surface area contributed by atoms with Gasteiger partial charge in [0.05, 0.1) is 6.10 Å². The first-order valence-corrected chi connectivity index (χ1v) is 5.81. The molecule has 0 spiro atoms. The second-order valence-corrected chi connectivity index (χ2v) is 4.25. The van der Waals surface area contributed by atoms with Crippen molar-refractivity contribution in [2.24, 2.45) is 5.73 Å². The van der Waals surface area contributed by atoms with E-state index >= 15 is 0 Å². The molecular formula is C11H15Cl2NO2. The first-order chi connectivity index (χ1) is 7.67. The Morgan fingerprint density at radius 3 is 2.38 bits per heavy atom. The quantitative estimate of drug-likeness (QED) is 0.776. The van der Waals surface area contributed by atoms with Crippen molar-refractivity contribution in [2.45, 2.75) is 12.5 Å². The van der Waals surface area contributed by atoms with E-state index in [9.17, 15) is 0 Å². The van der Waals surface area contributed by atoms with E-state index in [0.29, 0.717) is 29.6 Å². The first kappa shape index (κ1) is 13.7. The third-order valence-corrected chi connectivity index (χ3v) is 2.53. The lowest BCUT2D eigenvalue weighted by molar-refractivity contribution is 0.0489. The van der Waals surface area contributed by atoms with E-state index in [2.05, 4.69) is 0 Å². The highest BCUT2D eigenvalue weighted by Gasteiger charge is 2.11. The Morgan fingerprint density at radius 1 is 1.25 bits per heavy atom. The van der Waals surface area contributed by atoms with Gasteiger partial charge in [-0.2, -0.15) is 0 Å². The van der Waals surface area contributed by atoms with Crippen molar-refractivity contribution < 1.29 is 9.84 Å². The molecule has 1 unspecified atom stereocenters. The van der Waals surface area contributed by atoms with Gasteiger partial charge in [-0.15, -0.1) is 0 Å². The average Bonchev–Trinajstić information content (AvgIpc) is 2.23. The van der Waals surface area contributed by atoms with Crippen molar-refractivity contribution in [1.82, 2.24) is 0 Å². The highest BCUT2D eigenvalue weighted by Crippen LogP contribution is 2.25. The van der Waals surface area contributed by atoms with Crippen molar-refractivity contribution in [3.63, 3.8) is 0 Å². The molecule has 1 atom stereocenters. The lowest BCUT2D eigenvalue weighted by atomic mass is 10.1. The van der Waals surface area contributed by atoms with Crippen LogP contribution >= 0.6 is 23.2 Å². The second-order valence-electron chi connectivity index (χ2n) is 3.38. The lowest BCUT2D eigenvalue weighted by Gasteiger charge is -2.16. The van der Waals surface area contributed by atoms with E-state index < -0.39 is 0 Å². The minimum Gasteiger partial charge on any atom is -0.396 e. The van der Waals surface area contributed by atoms with Crippen molar-refractivity contribution in [3.05, 3.63) is 33.8 Å². The summed E-state index contributed by atoms with van der Waals surface area (Å²) in [6, 6.07) is 5.22. The van der Waals surface area contributed by atoms with Gasteiger partial charge in [0.15, 0.2) is 0 Å². The molecule has 0 saturated heterocycles. The van der Waals surface area contributed by atoms with Gasteiger partial charge in [-0.1, -0.05) is 23.2 Å². The van der Waals surface area contributed by atoms with Crippen LogP contribution in [0.2, 0.25) is 10.0 Å². The molecule has 3 N–H and O–H groups in total. The van der Waals surface area contributed by atoms with Crippen LogP contribution in [-0.4, -0.2) is 24.9 Å². The Hall–Kier alpha value is -0.320. The third kappa shape index (κ3) is 4.28. The smallest absolute Gasteiger partial charge is 0.0948 e. The summed E-state index contributed by atoms with van der Waals surface area (Å²) in [7, 11) is 0. The van der Waals surface area contributed by atoms with Crippen LogP contribution in [0.5, 0.6) is 0 Å². The molecule has 0 aliphatic heterocycles. The van der Waals surface area contributed by atoms with Gasteiger partial charge in [-0.05, 0) is 30.2 Å². The number of hydrogen-bond donors (Lipinski definition) is 2. The predicted octanol–water partition coefficient (Wildman–Crippen LogP) is 2.39. The summed E-state index contributed by atoms with van der Waals surface area (Å²) in [6.45, 7) is 0.915. The van der Waals surface area contributed by atoms with Gasteiger partial charge in [-0.25, -0.2) is 0 Å². The zero-order valence-corrected chi connectivity index (χ0v) is 10.3. The Bertz CT molecular complexity index is 314. The van der Waals surface area contributed by atoms with E-state index in [1.807, 2.05) is 0 Å². The maximum atomic E-state index is 8.66. The van der Waals surface area contributed by atoms with Gasteiger partial charge in [0.25, 0.3) is 0 Å². The van der Waals surface area contributed by atoms with Crippen LogP contribution < -0.4 is 5.73 Å². The van der Waals surface area contributed by atoms with Crippen molar-refractivity contribution >= 4 is 23.2 Å². The van der Waals surface area contributed by atoms with Crippen LogP contribution in [0.15, 0.2) is 18.2 Å². The zero-order chi connectivity index (χ0) is 12.0. The summed E-state index contributed by atoms with van der Waals surface area (Å²) >= 11 is 11.8. The number of ether oxygens (including phenoxy) is 1. The highest BCUT2D eigenvalue weighted by molar-refractivity contribution is 6.34. The van der Waals surface area contributed by atoms with E-state index in [4.69, 9.17) is 38.8 Å². The Labute approximate surface area is 105 Å². The van der Waals surface area contributed by atoms with Crippen LogP contribution in [0, 0.1) is 0 Å². The summed E-state index contributed by atoms with van der Waals surface area (Å²) < 4.78 is 5.53.